The van der Waals surface area contributed by atoms with Crippen LogP contribution in [0.5, 0.6) is 0 Å². The molecule has 0 saturated carbocycles. The molecular formula is C9H13NO2S. The van der Waals surface area contributed by atoms with Crippen molar-refractivity contribution < 1.29 is 9.53 Å². The number of ether oxygens (including phenoxy) is 1. The average Bonchev–Trinajstić information content (AvgIpc) is 2.65. The standard InChI is InChI=1S/C9H13NO2S/c1-12-4-2-8(10)9(11)7-3-5-13-6-7/h3,5-6,8H,2,4,10H2,1H3. The minimum Gasteiger partial charge on any atom is -0.385 e. The first-order chi connectivity index (χ1) is 6.25. The van der Waals surface area contributed by atoms with Gasteiger partial charge in [0.2, 0.25) is 0 Å². The molecule has 0 aromatic carbocycles. The van der Waals surface area contributed by atoms with Crippen LogP contribution in [0.15, 0.2) is 16.8 Å². The zero-order chi connectivity index (χ0) is 9.68. The van der Waals surface area contributed by atoms with Gasteiger partial charge in [-0.2, -0.15) is 11.3 Å². The summed E-state index contributed by atoms with van der Waals surface area (Å²) in [6, 6.07) is 1.36. The maximum absolute atomic E-state index is 11.5. The van der Waals surface area contributed by atoms with Crippen molar-refractivity contribution in [1.29, 1.82) is 0 Å². The zero-order valence-electron chi connectivity index (χ0n) is 7.53. The summed E-state index contributed by atoms with van der Waals surface area (Å²) in [7, 11) is 1.60. The minimum absolute atomic E-state index is 0.00157. The second kappa shape index (κ2) is 5.11. The Morgan fingerprint density at radius 2 is 2.54 bits per heavy atom. The molecule has 2 N–H and O–H groups in total. The van der Waals surface area contributed by atoms with Gasteiger partial charge in [-0.15, -0.1) is 0 Å². The van der Waals surface area contributed by atoms with Crippen LogP contribution in [0.25, 0.3) is 0 Å². The molecule has 1 unspecified atom stereocenters. The van der Waals surface area contributed by atoms with Crippen LogP contribution < -0.4 is 5.73 Å². The molecule has 4 heteroatoms. The molecule has 0 aliphatic carbocycles. The Kier molecular flexibility index (Phi) is 4.08. The first-order valence-electron chi connectivity index (χ1n) is 4.06. The van der Waals surface area contributed by atoms with E-state index in [4.69, 9.17) is 10.5 Å². The van der Waals surface area contributed by atoms with Gasteiger partial charge in [-0.1, -0.05) is 0 Å². The number of methoxy groups -OCH3 is 1. The van der Waals surface area contributed by atoms with E-state index in [2.05, 4.69) is 0 Å². The summed E-state index contributed by atoms with van der Waals surface area (Å²) in [5.41, 5.74) is 6.37. The number of rotatable bonds is 5. The van der Waals surface area contributed by atoms with Crippen molar-refractivity contribution in [2.75, 3.05) is 13.7 Å². The van der Waals surface area contributed by atoms with E-state index >= 15 is 0 Å². The van der Waals surface area contributed by atoms with E-state index in [1.54, 1.807) is 13.2 Å². The molecule has 0 aliphatic rings. The lowest BCUT2D eigenvalue weighted by Crippen LogP contribution is -2.31. The monoisotopic (exact) mass is 199 g/mol. The third-order valence-electron chi connectivity index (χ3n) is 1.78. The van der Waals surface area contributed by atoms with Crippen molar-refractivity contribution in [1.82, 2.24) is 0 Å². The molecule has 1 aromatic heterocycles. The molecule has 1 heterocycles. The minimum atomic E-state index is -0.436. The molecule has 1 aromatic rings. The summed E-state index contributed by atoms with van der Waals surface area (Å²) >= 11 is 1.50. The maximum Gasteiger partial charge on any atom is 0.180 e. The maximum atomic E-state index is 11.5. The fourth-order valence-corrected chi connectivity index (χ4v) is 1.64. The SMILES string of the molecule is COCCC(N)C(=O)c1ccsc1. The van der Waals surface area contributed by atoms with Crippen molar-refractivity contribution in [2.24, 2.45) is 5.73 Å². The summed E-state index contributed by atoms with van der Waals surface area (Å²) in [5, 5.41) is 3.69. The Morgan fingerprint density at radius 3 is 3.08 bits per heavy atom. The molecule has 72 valence electrons. The van der Waals surface area contributed by atoms with Gasteiger partial charge in [0.15, 0.2) is 5.78 Å². The summed E-state index contributed by atoms with van der Waals surface area (Å²) in [4.78, 5) is 11.5. The number of nitrogens with two attached hydrogens (primary N) is 1. The van der Waals surface area contributed by atoms with Crippen LogP contribution >= 0.6 is 11.3 Å². The van der Waals surface area contributed by atoms with Gasteiger partial charge in [-0.25, -0.2) is 0 Å². The first-order valence-corrected chi connectivity index (χ1v) is 5.01. The molecule has 13 heavy (non-hydrogen) atoms. The Hall–Kier alpha value is -0.710. The lowest BCUT2D eigenvalue weighted by atomic mass is 10.1. The Labute approximate surface area is 81.5 Å². The lowest BCUT2D eigenvalue weighted by molar-refractivity contribution is 0.0936. The van der Waals surface area contributed by atoms with Crippen molar-refractivity contribution in [3.05, 3.63) is 22.4 Å². The van der Waals surface area contributed by atoms with Gasteiger partial charge in [0.1, 0.15) is 0 Å². The van der Waals surface area contributed by atoms with E-state index in [-0.39, 0.29) is 5.78 Å². The highest BCUT2D eigenvalue weighted by Crippen LogP contribution is 2.09. The molecule has 1 rings (SSSR count). The fourth-order valence-electron chi connectivity index (χ4n) is 0.995. The summed E-state index contributed by atoms with van der Waals surface area (Å²) in [5.74, 6) is -0.00157. The fraction of sp³-hybridized carbons (Fsp3) is 0.444. The molecule has 0 saturated heterocycles. The van der Waals surface area contributed by atoms with Crippen LogP contribution in [0.2, 0.25) is 0 Å². The highest BCUT2D eigenvalue weighted by Gasteiger charge is 2.15. The zero-order valence-corrected chi connectivity index (χ0v) is 8.34. The second-order valence-corrected chi connectivity index (χ2v) is 3.54. The van der Waals surface area contributed by atoms with Crippen molar-refractivity contribution in [3.8, 4) is 0 Å². The second-order valence-electron chi connectivity index (χ2n) is 2.76. The van der Waals surface area contributed by atoms with Gasteiger partial charge in [-0.3, -0.25) is 4.79 Å². The third-order valence-corrected chi connectivity index (χ3v) is 2.46. The van der Waals surface area contributed by atoms with Crippen LogP contribution in [0, 0.1) is 0 Å². The third kappa shape index (κ3) is 2.91. The number of hydrogen-bond acceptors (Lipinski definition) is 4. The van der Waals surface area contributed by atoms with Crippen LogP contribution in [0.4, 0.5) is 0 Å². The average molecular weight is 199 g/mol. The number of hydrogen-bond donors (Lipinski definition) is 1. The molecule has 0 radical (unpaired) electrons. The van der Waals surface area contributed by atoms with Crippen molar-refractivity contribution in [3.63, 3.8) is 0 Å². The van der Waals surface area contributed by atoms with Crippen LogP contribution in [0.1, 0.15) is 16.8 Å². The van der Waals surface area contributed by atoms with Crippen molar-refractivity contribution >= 4 is 17.1 Å². The van der Waals surface area contributed by atoms with Gasteiger partial charge in [0.25, 0.3) is 0 Å². The number of Topliss-reactive ketones (excluding diaryl/α,β-unsaturated/α-hetero) is 1. The molecule has 0 spiro atoms. The van der Waals surface area contributed by atoms with Crippen LogP contribution in [0.3, 0.4) is 0 Å². The van der Waals surface area contributed by atoms with Crippen LogP contribution in [-0.2, 0) is 4.74 Å². The predicted octanol–water partition coefficient (Wildman–Crippen LogP) is 1.29. The van der Waals surface area contributed by atoms with Gasteiger partial charge >= 0.3 is 0 Å². The van der Waals surface area contributed by atoms with E-state index in [1.807, 2.05) is 10.8 Å². The highest BCUT2D eigenvalue weighted by molar-refractivity contribution is 7.08. The molecular weight excluding hydrogens is 186 g/mol. The number of carbonyl (C=O) groups excluding carboxylic acids is 1. The van der Waals surface area contributed by atoms with Crippen LogP contribution in [-0.4, -0.2) is 25.5 Å². The topological polar surface area (TPSA) is 52.3 Å². The van der Waals surface area contributed by atoms with E-state index < -0.39 is 6.04 Å². The highest BCUT2D eigenvalue weighted by atomic mass is 32.1. The smallest absolute Gasteiger partial charge is 0.180 e. The predicted molar refractivity (Wildman–Crippen MR) is 53.1 cm³/mol. The molecule has 0 fully saturated rings. The summed E-state index contributed by atoms with van der Waals surface area (Å²) < 4.78 is 4.85. The number of ketones is 1. The summed E-state index contributed by atoms with van der Waals surface area (Å²) in [6.45, 7) is 0.525. The Balaban J connectivity index is 2.48. The van der Waals surface area contributed by atoms with Gasteiger partial charge < -0.3 is 10.5 Å². The van der Waals surface area contributed by atoms with E-state index in [0.717, 1.165) is 0 Å². The molecule has 1 atom stereocenters. The lowest BCUT2D eigenvalue weighted by Gasteiger charge is -2.07. The van der Waals surface area contributed by atoms with E-state index in [0.29, 0.717) is 18.6 Å². The van der Waals surface area contributed by atoms with Crippen molar-refractivity contribution in [2.45, 2.75) is 12.5 Å². The van der Waals surface area contributed by atoms with E-state index in [1.165, 1.54) is 11.3 Å². The van der Waals surface area contributed by atoms with Gasteiger partial charge in [0, 0.05) is 24.7 Å². The molecule has 0 bridgehead atoms. The quantitative estimate of drug-likeness (QED) is 0.727. The number of thiophene rings is 1. The molecule has 0 aliphatic heterocycles. The van der Waals surface area contributed by atoms with Gasteiger partial charge in [0.05, 0.1) is 6.04 Å². The summed E-state index contributed by atoms with van der Waals surface area (Å²) in [6.07, 6.45) is 0.575. The molecule has 0 amide bonds. The first kappa shape index (κ1) is 10.4. The van der Waals surface area contributed by atoms with Gasteiger partial charge in [-0.05, 0) is 17.9 Å². The largest absolute Gasteiger partial charge is 0.385 e. The number of carbonyl (C=O) groups is 1. The normalized spacial score (nSPS) is 12.8. The van der Waals surface area contributed by atoms with E-state index in [9.17, 15) is 4.79 Å². The molecule has 3 nitrogen and oxygen atoms in total. The Morgan fingerprint density at radius 1 is 1.77 bits per heavy atom. The Bertz CT molecular complexity index is 259.